The fourth-order valence-electron chi connectivity index (χ4n) is 1.24. The van der Waals surface area contributed by atoms with E-state index in [1.807, 2.05) is 18.2 Å². The van der Waals surface area contributed by atoms with Gasteiger partial charge in [0.2, 0.25) is 0 Å². The lowest BCUT2D eigenvalue weighted by atomic mass is 10.0. The first-order valence-electron chi connectivity index (χ1n) is 4.40. The van der Waals surface area contributed by atoms with E-state index in [-0.39, 0.29) is 0 Å². The van der Waals surface area contributed by atoms with Crippen LogP contribution in [-0.2, 0) is 0 Å². The Bertz CT molecular complexity index is 300. The quantitative estimate of drug-likeness (QED) is 0.665. The van der Waals surface area contributed by atoms with Gasteiger partial charge in [0.1, 0.15) is 0 Å². The van der Waals surface area contributed by atoms with Gasteiger partial charge in [-0.3, -0.25) is 0 Å². The fraction of sp³-hybridized carbons (Fsp3) is 0.300. The zero-order valence-corrected chi connectivity index (χ0v) is 7.97. The molecule has 1 aromatic rings. The number of amides is 2. The van der Waals surface area contributed by atoms with Crippen LogP contribution in [0.3, 0.4) is 0 Å². The summed E-state index contributed by atoms with van der Waals surface area (Å²) < 4.78 is 0. The van der Waals surface area contributed by atoms with Crippen LogP contribution in [0.1, 0.15) is 18.6 Å². The van der Waals surface area contributed by atoms with E-state index in [0.717, 1.165) is 5.56 Å². The Kier molecular flexibility index (Phi) is 3.48. The number of rotatable bonds is 3. The molecule has 4 heteroatoms. The molecule has 0 aliphatic rings. The van der Waals surface area contributed by atoms with Crippen LogP contribution in [0.15, 0.2) is 30.3 Å². The topological polar surface area (TPSA) is 75.3 Å². The van der Waals surface area contributed by atoms with Crippen LogP contribution in [-0.4, -0.2) is 17.2 Å². The molecular formula is C10H14N2O2. The third kappa shape index (κ3) is 2.74. The highest BCUT2D eigenvalue weighted by atomic mass is 16.3. The number of aliphatic hydroxyl groups excluding tert-OH is 1. The zero-order valence-electron chi connectivity index (χ0n) is 7.97. The van der Waals surface area contributed by atoms with Crippen LogP contribution in [0.4, 0.5) is 4.79 Å². The van der Waals surface area contributed by atoms with Crippen molar-refractivity contribution in [3.63, 3.8) is 0 Å². The molecule has 0 saturated carbocycles. The standard InChI is InChI=1S/C10H14N2O2/c1-7(12-10(11)14)9(13)8-5-3-2-4-6-8/h2-7,9,13H,1H3,(H3,11,12,14)/t7-,9+/m1/s1. The van der Waals surface area contributed by atoms with Crippen LogP contribution >= 0.6 is 0 Å². The van der Waals surface area contributed by atoms with Gasteiger partial charge in [-0.2, -0.15) is 0 Å². The van der Waals surface area contributed by atoms with E-state index in [2.05, 4.69) is 5.32 Å². The maximum Gasteiger partial charge on any atom is 0.312 e. The second-order valence-electron chi connectivity index (χ2n) is 3.15. The van der Waals surface area contributed by atoms with Crippen molar-refractivity contribution in [2.24, 2.45) is 5.73 Å². The van der Waals surface area contributed by atoms with Crippen molar-refractivity contribution < 1.29 is 9.90 Å². The van der Waals surface area contributed by atoms with E-state index in [9.17, 15) is 9.90 Å². The van der Waals surface area contributed by atoms with E-state index in [1.165, 1.54) is 0 Å². The van der Waals surface area contributed by atoms with Gasteiger partial charge >= 0.3 is 6.03 Å². The smallest absolute Gasteiger partial charge is 0.312 e. The van der Waals surface area contributed by atoms with Gasteiger partial charge in [0.25, 0.3) is 0 Å². The first-order chi connectivity index (χ1) is 6.61. The van der Waals surface area contributed by atoms with Crippen molar-refractivity contribution in [3.8, 4) is 0 Å². The summed E-state index contributed by atoms with van der Waals surface area (Å²) in [5.41, 5.74) is 5.71. The number of benzene rings is 1. The SMILES string of the molecule is C[C@@H](NC(N)=O)[C@H](O)c1ccccc1. The highest BCUT2D eigenvalue weighted by Crippen LogP contribution is 2.15. The molecule has 0 bridgehead atoms. The molecule has 0 saturated heterocycles. The Balaban J connectivity index is 2.65. The van der Waals surface area contributed by atoms with Gasteiger partial charge in [-0.15, -0.1) is 0 Å². The van der Waals surface area contributed by atoms with E-state index in [4.69, 9.17) is 5.73 Å². The Labute approximate surface area is 82.7 Å². The Morgan fingerprint density at radius 2 is 2.00 bits per heavy atom. The summed E-state index contributed by atoms with van der Waals surface area (Å²) in [6, 6.07) is 8.09. The molecule has 1 rings (SSSR count). The van der Waals surface area contributed by atoms with E-state index >= 15 is 0 Å². The predicted molar refractivity (Wildman–Crippen MR) is 53.6 cm³/mol. The van der Waals surface area contributed by atoms with Crippen molar-refractivity contribution in [1.29, 1.82) is 0 Å². The monoisotopic (exact) mass is 194 g/mol. The molecule has 0 unspecified atom stereocenters. The number of primary amides is 1. The van der Waals surface area contributed by atoms with Gasteiger partial charge in [-0.05, 0) is 12.5 Å². The van der Waals surface area contributed by atoms with Gasteiger partial charge in [-0.1, -0.05) is 30.3 Å². The van der Waals surface area contributed by atoms with Gasteiger partial charge in [0, 0.05) is 0 Å². The second kappa shape index (κ2) is 4.62. The average Bonchev–Trinajstić information content (AvgIpc) is 2.17. The summed E-state index contributed by atoms with van der Waals surface area (Å²) in [6.45, 7) is 1.70. The second-order valence-corrected chi connectivity index (χ2v) is 3.15. The molecule has 0 spiro atoms. The minimum atomic E-state index is -0.733. The van der Waals surface area contributed by atoms with E-state index in [1.54, 1.807) is 19.1 Å². The van der Waals surface area contributed by atoms with Crippen LogP contribution in [0, 0.1) is 0 Å². The van der Waals surface area contributed by atoms with Crippen molar-refractivity contribution >= 4 is 6.03 Å². The molecule has 2 atom stereocenters. The normalized spacial score (nSPS) is 14.4. The maximum atomic E-state index is 10.5. The lowest BCUT2D eigenvalue weighted by molar-refractivity contribution is 0.138. The number of nitrogens with one attached hydrogen (secondary N) is 1. The molecule has 0 aliphatic heterocycles. The summed E-state index contributed by atoms with van der Waals surface area (Å²) >= 11 is 0. The Hall–Kier alpha value is -1.55. The first-order valence-corrected chi connectivity index (χ1v) is 4.40. The molecule has 76 valence electrons. The summed E-state index contributed by atoms with van der Waals surface area (Å²) in [7, 11) is 0. The molecule has 0 aliphatic carbocycles. The minimum absolute atomic E-state index is 0.394. The first kappa shape index (κ1) is 10.5. The molecule has 4 N–H and O–H groups in total. The van der Waals surface area contributed by atoms with Crippen LogP contribution in [0.5, 0.6) is 0 Å². The van der Waals surface area contributed by atoms with Gasteiger partial charge < -0.3 is 16.2 Å². The number of carbonyl (C=O) groups is 1. The highest BCUT2D eigenvalue weighted by molar-refractivity contribution is 5.72. The van der Waals surface area contributed by atoms with Crippen molar-refractivity contribution in [2.75, 3.05) is 0 Å². The lowest BCUT2D eigenvalue weighted by Crippen LogP contribution is -2.40. The Morgan fingerprint density at radius 3 is 2.50 bits per heavy atom. The molecule has 4 nitrogen and oxygen atoms in total. The van der Waals surface area contributed by atoms with Gasteiger partial charge in [0.15, 0.2) is 0 Å². The predicted octanol–water partition coefficient (Wildman–Crippen LogP) is 0.777. The molecular weight excluding hydrogens is 180 g/mol. The third-order valence-electron chi connectivity index (χ3n) is 1.98. The van der Waals surface area contributed by atoms with Crippen molar-refractivity contribution in [2.45, 2.75) is 19.1 Å². The molecule has 0 fully saturated rings. The average molecular weight is 194 g/mol. The zero-order chi connectivity index (χ0) is 10.6. The summed E-state index contributed by atoms with van der Waals surface area (Å²) in [4.78, 5) is 10.5. The van der Waals surface area contributed by atoms with Gasteiger partial charge in [0.05, 0.1) is 12.1 Å². The van der Waals surface area contributed by atoms with Crippen molar-refractivity contribution in [3.05, 3.63) is 35.9 Å². The molecule has 0 heterocycles. The number of hydrogen-bond donors (Lipinski definition) is 3. The van der Waals surface area contributed by atoms with E-state index < -0.39 is 18.2 Å². The van der Waals surface area contributed by atoms with Gasteiger partial charge in [-0.25, -0.2) is 4.79 Å². The lowest BCUT2D eigenvalue weighted by Gasteiger charge is -2.19. The third-order valence-corrected chi connectivity index (χ3v) is 1.98. The summed E-state index contributed by atoms with van der Waals surface area (Å²) in [5, 5.41) is 12.2. The number of urea groups is 1. The molecule has 14 heavy (non-hydrogen) atoms. The van der Waals surface area contributed by atoms with Crippen LogP contribution in [0.2, 0.25) is 0 Å². The minimum Gasteiger partial charge on any atom is -0.386 e. The summed E-state index contributed by atoms with van der Waals surface area (Å²) in [5.74, 6) is 0. The molecule has 0 aromatic heterocycles. The molecule has 1 aromatic carbocycles. The maximum absolute atomic E-state index is 10.5. The van der Waals surface area contributed by atoms with Crippen LogP contribution in [0.25, 0.3) is 0 Å². The van der Waals surface area contributed by atoms with Crippen molar-refractivity contribution in [1.82, 2.24) is 5.32 Å². The molecule has 0 radical (unpaired) electrons. The summed E-state index contributed by atoms with van der Waals surface area (Å²) in [6.07, 6.45) is -0.733. The number of hydrogen-bond acceptors (Lipinski definition) is 2. The fourth-order valence-corrected chi connectivity index (χ4v) is 1.24. The molecule has 2 amide bonds. The largest absolute Gasteiger partial charge is 0.386 e. The Morgan fingerprint density at radius 1 is 1.43 bits per heavy atom. The van der Waals surface area contributed by atoms with E-state index in [0.29, 0.717) is 0 Å². The number of nitrogens with two attached hydrogens (primary N) is 1. The van der Waals surface area contributed by atoms with Crippen LogP contribution < -0.4 is 11.1 Å². The number of aliphatic hydroxyl groups is 1. The number of carbonyl (C=O) groups excluding carboxylic acids is 1. The highest BCUT2D eigenvalue weighted by Gasteiger charge is 2.16.